The maximum atomic E-state index is 11.4. The Bertz CT molecular complexity index is 701. The summed E-state index contributed by atoms with van der Waals surface area (Å²) in [6.45, 7) is 1.82. The molecule has 0 aliphatic carbocycles. The Labute approximate surface area is 132 Å². The molecule has 0 bridgehead atoms. The smallest absolute Gasteiger partial charge is 0.369 e. The Hall–Kier alpha value is -3.21. The van der Waals surface area contributed by atoms with Crippen molar-refractivity contribution in [2.24, 2.45) is 10.2 Å². The quantitative estimate of drug-likeness (QED) is 0.480. The number of anilines is 1. The highest BCUT2D eigenvalue weighted by molar-refractivity contribution is 6.43. The number of hydrogen-bond acceptors (Lipinski definition) is 7. The zero-order valence-corrected chi connectivity index (χ0v) is 12.5. The van der Waals surface area contributed by atoms with Crippen molar-refractivity contribution in [2.45, 2.75) is 19.8 Å². The van der Waals surface area contributed by atoms with Crippen LogP contribution in [-0.2, 0) is 14.3 Å². The van der Waals surface area contributed by atoms with Crippen LogP contribution in [0, 0.1) is 11.3 Å². The van der Waals surface area contributed by atoms with Crippen LogP contribution in [0.25, 0.3) is 0 Å². The van der Waals surface area contributed by atoms with E-state index in [0.717, 1.165) is 11.3 Å². The second-order valence-electron chi connectivity index (χ2n) is 4.58. The van der Waals surface area contributed by atoms with Crippen molar-refractivity contribution >= 4 is 29.0 Å². The lowest BCUT2D eigenvalue weighted by atomic mass is 10.0. The topological polar surface area (TPSA) is 116 Å². The maximum absolute atomic E-state index is 11.4. The molecule has 0 unspecified atom stereocenters. The molecule has 2 N–H and O–H groups in total. The second-order valence-corrected chi connectivity index (χ2v) is 4.58. The van der Waals surface area contributed by atoms with Crippen LogP contribution < -0.4 is 10.9 Å². The van der Waals surface area contributed by atoms with Gasteiger partial charge in [-0.2, -0.15) is 15.5 Å². The van der Waals surface area contributed by atoms with Crippen molar-refractivity contribution < 1.29 is 14.3 Å². The molecule has 1 aromatic rings. The molecule has 0 saturated heterocycles. The zero-order valence-electron chi connectivity index (χ0n) is 12.5. The molecule has 1 aliphatic rings. The molecule has 8 heteroatoms. The first-order valence-electron chi connectivity index (χ1n) is 7.00. The minimum Gasteiger partial charge on any atom is -0.461 e. The summed E-state index contributed by atoms with van der Waals surface area (Å²) in [7, 11) is 0. The van der Waals surface area contributed by atoms with Gasteiger partial charge in [-0.3, -0.25) is 10.2 Å². The zero-order chi connectivity index (χ0) is 16.7. The molecule has 0 aromatic heterocycles. The third kappa shape index (κ3) is 4.38. The standard InChI is InChI=1S/C15H15N5O3/c1-2-23-15(22)13(9-16)19-17-11-5-3-10(4-6-11)12-7-8-14(21)20-18-12/h3-6,17H,2,7-8H2,1H3,(H,20,21)/b19-13-. The minimum absolute atomic E-state index is 0.0932. The van der Waals surface area contributed by atoms with Gasteiger partial charge in [0.2, 0.25) is 11.6 Å². The summed E-state index contributed by atoms with van der Waals surface area (Å²) in [6, 6.07) is 8.77. The van der Waals surface area contributed by atoms with Crippen molar-refractivity contribution in [3.05, 3.63) is 29.8 Å². The lowest BCUT2D eigenvalue weighted by Crippen LogP contribution is -2.25. The maximum Gasteiger partial charge on any atom is 0.369 e. The van der Waals surface area contributed by atoms with Gasteiger partial charge in [0.15, 0.2) is 0 Å². The summed E-state index contributed by atoms with van der Waals surface area (Å²) >= 11 is 0. The van der Waals surface area contributed by atoms with E-state index >= 15 is 0 Å². The van der Waals surface area contributed by atoms with Crippen molar-refractivity contribution in [1.29, 1.82) is 5.26 Å². The van der Waals surface area contributed by atoms with Gasteiger partial charge in [0.1, 0.15) is 6.07 Å². The van der Waals surface area contributed by atoms with Gasteiger partial charge in [-0.25, -0.2) is 10.2 Å². The summed E-state index contributed by atoms with van der Waals surface area (Å²) < 4.78 is 4.71. The molecule has 1 heterocycles. The Kier molecular flexibility index (Phi) is 5.41. The fourth-order valence-electron chi connectivity index (χ4n) is 1.86. The normalized spacial score (nSPS) is 14.3. The van der Waals surface area contributed by atoms with Crippen LogP contribution in [0.1, 0.15) is 25.3 Å². The van der Waals surface area contributed by atoms with Crippen LogP contribution in [0.5, 0.6) is 0 Å². The van der Waals surface area contributed by atoms with Gasteiger partial charge < -0.3 is 4.74 Å². The van der Waals surface area contributed by atoms with Gasteiger partial charge in [0.25, 0.3) is 0 Å². The first-order chi connectivity index (χ1) is 11.1. The highest BCUT2D eigenvalue weighted by Gasteiger charge is 2.13. The molecule has 2 rings (SSSR count). The molecule has 23 heavy (non-hydrogen) atoms. The van der Waals surface area contributed by atoms with Crippen LogP contribution in [-0.4, -0.2) is 29.9 Å². The number of hydrogen-bond donors (Lipinski definition) is 2. The molecule has 0 radical (unpaired) electrons. The fourth-order valence-corrected chi connectivity index (χ4v) is 1.86. The molecule has 1 aliphatic heterocycles. The SMILES string of the molecule is CCOC(=O)/C(C#N)=N\Nc1ccc(C2=NNC(=O)CC2)cc1. The number of benzene rings is 1. The predicted molar refractivity (Wildman–Crippen MR) is 83.7 cm³/mol. The molecular formula is C15H15N5O3. The van der Waals surface area contributed by atoms with E-state index < -0.39 is 5.97 Å². The van der Waals surface area contributed by atoms with Crippen LogP contribution in [0.2, 0.25) is 0 Å². The van der Waals surface area contributed by atoms with E-state index in [1.807, 2.05) is 12.1 Å². The van der Waals surface area contributed by atoms with Gasteiger partial charge in [0.05, 0.1) is 18.0 Å². The molecule has 0 atom stereocenters. The molecule has 8 nitrogen and oxygen atoms in total. The third-order valence-electron chi connectivity index (χ3n) is 2.99. The number of hydrazone groups is 2. The van der Waals surface area contributed by atoms with Crippen LogP contribution in [0.15, 0.2) is 34.5 Å². The number of ether oxygens (including phenoxy) is 1. The Balaban J connectivity index is 2.04. The van der Waals surface area contributed by atoms with Crippen LogP contribution in [0.3, 0.4) is 0 Å². The van der Waals surface area contributed by atoms with Crippen molar-refractivity contribution in [2.75, 3.05) is 12.0 Å². The average Bonchev–Trinajstić information content (AvgIpc) is 2.57. The molecule has 118 valence electrons. The molecule has 0 fully saturated rings. The summed E-state index contributed by atoms with van der Waals surface area (Å²) in [5, 5.41) is 16.6. The van der Waals surface area contributed by atoms with E-state index in [9.17, 15) is 9.59 Å². The highest BCUT2D eigenvalue weighted by Crippen LogP contribution is 2.14. The number of nitrogens with one attached hydrogen (secondary N) is 2. The number of carbonyl (C=O) groups is 2. The van der Waals surface area contributed by atoms with Gasteiger partial charge in [-0.05, 0) is 24.6 Å². The van der Waals surface area contributed by atoms with Crippen LogP contribution in [0.4, 0.5) is 5.69 Å². The summed E-state index contributed by atoms with van der Waals surface area (Å²) in [6.07, 6.45) is 0.992. The van der Waals surface area contributed by atoms with Gasteiger partial charge in [0, 0.05) is 12.8 Å². The van der Waals surface area contributed by atoms with Gasteiger partial charge in [-0.15, -0.1) is 0 Å². The first kappa shape index (κ1) is 16.2. The van der Waals surface area contributed by atoms with Crippen molar-refractivity contribution in [1.82, 2.24) is 5.43 Å². The van der Waals surface area contributed by atoms with Crippen molar-refractivity contribution in [3.63, 3.8) is 0 Å². The summed E-state index contributed by atoms with van der Waals surface area (Å²) in [4.78, 5) is 22.5. The van der Waals surface area contributed by atoms with E-state index in [-0.39, 0.29) is 18.2 Å². The van der Waals surface area contributed by atoms with E-state index in [1.54, 1.807) is 25.1 Å². The monoisotopic (exact) mass is 313 g/mol. The predicted octanol–water partition coefficient (Wildman–Crippen LogP) is 1.16. The molecule has 0 saturated carbocycles. The van der Waals surface area contributed by atoms with Gasteiger partial charge >= 0.3 is 5.97 Å². The highest BCUT2D eigenvalue weighted by atomic mass is 16.5. The van der Waals surface area contributed by atoms with E-state index in [1.165, 1.54) is 0 Å². The van der Waals surface area contributed by atoms with E-state index in [2.05, 4.69) is 21.1 Å². The largest absolute Gasteiger partial charge is 0.461 e. The van der Waals surface area contributed by atoms with Crippen LogP contribution >= 0.6 is 0 Å². The Morgan fingerprint density at radius 3 is 2.74 bits per heavy atom. The molecular weight excluding hydrogens is 298 g/mol. The average molecular weight is 313 g/mol. The number of carbonyl (C=O) groups excluding carboxylic acids is 2. The minimum atomic E-state index is -0.772. The van der Waals surface area contributed by atoms with Crippen molar-refractivity contribution in [3.8, 4) is 6.07 Å². The number of esters is 1. The number of nitrogens with zero attached hydrogens (tertiary/aromatic N) is 3. The van der Waals surface area contributed by atoms with Gasteiger partial charge in [-0.1, -0.05) is 12.1 Å². The Morgan fingerprint density at radius 1 is 1.43 bits per heavy atom. The summed E-state index contributed by atoms with van der Waals surface area (Å²) in [5.41, 5.74) is 7.00. The Morgan fingerprint density at radius 2 is 2.17 bits per heavy atom. The third-order valence-corrected chi connectivity index (χ3v) is 2.99. The van der Waals surface area contributed by atoms with E-state index in [0.29, 0.717) is 18.5 Å². The second kappa shape index (κ2) is 7.70. The number of rotatable bonds is 5. The molecule has 1 aromatic carbocycles. The summed E-state index contributed by atoms with van der Waals surface area (Å²) in [5.74, 6) is -0.865. The molecule has 0 spiro atoms. The lowest BCUT2D eigenvalue weighted by molar-refractivity contribution is -0.134. The number of nitriles is 1. The lowest BCUT2D eigenvalue weighted by Gasteiger charge is -2.12. The number of amides is 1. The fraction of sp³-hybridized carbons (Fsp3) is 0.267. The van der Waals surface area contributed by atoms with E-state index in [4.69, 9.17) is 10.00 Å². The molecule has 1 amide bonds. The first-order valence-corrected chi connectivity index (χ1v) is 7.00.